The zero-order chi connectivity index (χ0) is 16.3. The van der Waals surface area contributed by atoms with Gasteiger partial charge in [0.05, 0.1) is 6.20 Å². The summed E-state index contributed by atoms with van der Waals surface area (Å²) in [6.45, 7) is -0.357. The number of nitrogens with zero attached hydrogens (tertiary/aromatic N) is 2. The zero-order valence-electron chi connectivity index (χ0n) is 10.7. The van der Waals surface area contributed by atoms with Gasteiger partial charge in [-0.3, -0.25) is 4.79 Å². The fourth-order valence-corrected chi connectivity index (χ4v) is 2.51. The van der Waals surface area contributed by atoms with E-state index in [1.54, 1.807) is 0 Å². The van der Waals surface area contributed by atoms with Gasteiger partial charge >= 0.3 is 5.51 Å². The second-order valence-electron chi connectivity index (χ2n) is 3.97. The Morgan fingerprint density at radius 2 is 2.14 bits per heavy atom. The maximum atomic E-state index is 12.6. The first-order valence-corrected chi connectivity index (χ1v) is 6.91. The highest BCUT2D eigenvalue weighted by Crippen LogP contribution is 2.39. The van der Waals surface area contributed by atoms with Gasteiger partial charge in [-0.1, -0.05) is 11.2 Å². The van der Waals surface area contributed by atoms with Gasteiger partial charge in [-0.05, 0) is 35.5 Å². The summed E-state index contributed by atoms with van der Waals surface area (Å²) in [4.78, 5) is 11.7. The average molecular weight is 353 g/mol. The molecule has 2 rings (SSSR count). The van der Waals surface area contributed by atoms with Gasteiger partial charge in [0.25, 0.3) is 5.24 Å². The van der Waals surface area contributed by atoms with Crippen LogP contribution >= 0.6 is 23.4 Å². The Bertz CT molecular complexity index is 690. The molecule has 0 atom stereocenters. The lowest BCUT2D eigenvalue weighted by Gasteiger charge is -2.13. The van der Waals surface area contributed by atoms with E-state index in [0.717, 1.165) is 0 Å². The lowest BCUT2D eigenvalue weighted by atomic mass is 10.1. The normalized spacial score (nSPS) is 11.5. The predicted molar refractivity (Wildman–Crippen MR) is 72.3 cm³/mol. The minimum absolute atomic E-state index is 0.00249. The SMILES string of the molecule is O=C(Cl)c1cccc(SC(F)(F)F)c1COc1ccn(O)n1. The van der Waals surface area contributed by atoms with E-state index in [4.69, 9.17) is 21.5 Å². The summed E-state index contributed by atoms with van der Waals surface area (Å²) < 4.78 is 42.9. The Morgan fingerprint density at radius 3 is 2.68 bits per heavy atom. The smallest absolute Gasteiger partial charge is 0.446 e. The Hall–Kier alpha value is -1.87. The minimum atomic E-state index is -4.52. The molecule has 1 heterocycles. The zero-order valence-corrected chi connectivity index (χ0v) is 12.2. The van der Waals surface area contributed by atoms with E-state index in [2.05, 4.69) is 5.10 Å². The van der Waals surface area contributed by atoms with Crippen LogP contribution in [0.5, 0.6) is 5.88 Å². The molecule has 10 heteroatoms. The molecule has 0 aliphatic rings. The van der Waals surface area contributed by atoms with E-state index in [-0.39, 0.29) is 40.3 Å². The minimum Gasteiger partial charge on any atom is -0.472 e. The summed E-state index contributed by atoms with van der Waals surface area (Å²) in [5.74, 6) is -0.0118. The van der Waals surface area contributed by atoms with E-state index in [0.29, 0.717) is 4.85 Å². The summed E-state index contributed by atoms with van der Waals surface area (Å²) in [5.41, 5.74) is -4.60. The monoisotopic (exact) mass is 352 g/mol. The van der Waals surface area contributed by atoms with Gasteiger partial charge in [-0.2, -0.15) is 13.2 Å². The topological polar surface area (TPSA) is 64.3 Å². The van der Waals surface area contributed by atoms with Gasteiger partial charge in [0.15, 0.2) is 0 Å². The van der Waals surface area contributed by atoms with Crippen LogP contribution in [0.2, 0.25) is 0 Å². The Morgan fingerprint density at radius 1 is 1.41 bits per heavy atom. The van der Waals surface area contributed by atoms with Gasteiger partial charge < -0.3 is 9.94 Å². The number of halogens is 4. The maximum Gasteiger partial charge on any atom is 0.446 e. The highest BCUT2D eigenvalue weighted by molar-refractivity contribution is 8.00. The number of benzene rings is 1. The summed E-state index contributed by atoms with van der Waals surface area (Å²) in [6.07, 6.45) is 1.18. The molecule has 0 spiro atoms. The van der Waals surface area contributed by atoms with Crippen molar-refractivity contribution in [1.82, 2.24) is 9.94 Å². The molecule has 0 unspecified atom stereocenters. The van der Waals surface area contributed by atoms with Crippen LogP contribution in [-0.2, 0) is 6.61 Å². The van der Waals surface area contributed by atoms with Gasteiger partial charge in [0.2, 0.25) is 5.88 Å². The molecular weight excluding hydrogens is 345 g/mol. The third kappa shape index (κ3) is 4.31. The summed E-state index contributed by atoms with van der Waals surface area (Å²) in [7, 11) is 0. The van der Waals surface area contributed by atoms with Crippen molar-refractivity contribution in [2.24, 2.45) is 0 Å². The van der Waals surface area contributed by atoms with E-state index in [1.807, 2.05) is 0 Å². The third-order valence-electron chi connectivity index (χ3n) is 2.49. The predicted octanol–water partition coefficient (Wildman–Crippen LogP) is 3.69. The van der Waals surface area contributed by atoms with Crippen LogP contribution in [0.3, 0.4) is 0 Å². The lowest BCUT2D eigenvalue weighted by Crippen LogP contribution is -2.08. The standard InChI is InChI=1S/C12H8ClF3N2O3S/c13-11(19)7-2-1-3-9(22-12(14,15)16)8(7)6-21-10-4-5-18(20)17-10/h1-5,20H,6H2. The Balaban J connectivity index is 2.30. The fraction of sp³-hybridized carbons (Fsp3) is 0.167. The number of carbonyl (C=O) groups is 1. The molecule has 0 radical (unpaired) electrons. The van der Waals surface area contributed by atoms with Gasteiger partial charge in [0, 0.05) is 22.1 Å². The van der Waals surface area contributed by atoms with Crippen molar-refractivity contribution < 1.29 is 27.9 Å². The van der Waals surface area contributed by atoms with Crippen molar-refractivity contribution in [3.8, 4) is 5.88 Å². The molecule has 0 fully saturated rings. The first-order chi connectivity index (χ1) is 10.3. The lowest BCUT2D eigenvalue weighted by molar-refractivity contribution is -0.0328. The van der Waals surface area contributed by atoms with Crippen molar-refractivity contribution in [3.05, 3.63) is 41.6 Å². The Labute approximate surface area is 131 Å². The van der Waals surface area contributed by atoms with Crippen LogP contribution in [0.25, 0.3) is 0 Å². The van der Waals surface area contributed by atoms with E-state index >= 15 is 0 Å². The number of hydrogen-bond acceptors (Lipinski definition) is 5. The first kappa shape index (κ1) is 16.5. The van der Waals surface area contributed by atoms with E-state index < -0.39 is 10.8 Å². The summed E-state index contributed by atoms with van der Waals surface area (Å²) in [6, 6.07) is 5.13. The average Bonchev–Trinajstić information content (AvgIpc) is 2.81. The van der Waals surface area contributed by atoms with Crippen LogP contribution in [0.15, 0.2) is 35.4 Å². The quantitative estimate of drug-likeness (QED) is 0.505. The number of thioether (sulfide) groups is 1. The van der Waals surface area contributed by atoms with Gasteiger partial charge in [-0.25, -0.2) is 0 Å². The molecule has 118 valence electrons. The van der Waals surface area contributed by atoms with Crippen molar-refractivity contribution in [2.45, 2.75) is 17.0 Å². The number of alkyl halides is 3. The molecule has 5 nitrogen and oxygen atoms in total. The van der Waals surface area contributed by atoms with Crippen LogP contribution in [0, 0.1) is 0 Å². The van der Waals surface area contributed by atoms with Crippen LogP contribution < -0.4 is 4.74 Å². The van der Waals surface area contributed by atoms with Gasteiger partial charge in [-0.15, -0.1) is 4.85 Å². The maximum absolute atomic E-state index is 12.6. The molecule has 22 heavy (non-hydrogen) atoms. The molecule has 0 amide bonds. The van der Waals surface area contributed by atoms with Crippen LogP contribution in [0.1, 0.15) is 15.9 Å². The molecule has 1 aromatic heterocycles. The van der Waals surface area contributed by atoms with Crippen LogP contribution in [-0.4, -0.2) is 25.9 Å². The number of rotatable bonds is 5. The fourth-order valence-electron chi connectivity index (χ4n) is 1.64. The number of ether oxygens (including phenoxy) is 1. The largest absolute Gasteiger partial charge is 0.472 e. The molecule has 0 aliphatic carbocycles. The summed E-state index contributed by atoms with van der Waals surface area (Å²) in [5, 5.41) is 11.6. The molecular formula is C12H8ClF3N2O3S. The molecule has 1 N–H and O–H groups in total. The number of carbonyl (C=O) groups excluding carboxylic acids is 1. The molecule has 0 bridgehead atoms. The van der Waals surface area contributed by atoms with Crippen LogP contribution in [0.4, 0.5) is 13.2 Å². The van der Waals surface area contributed by atoms with Crippen molar-refractivity contribution >= 4 is 28.6 Å². The molecule has 1 aromatic carbocycles. The highest BCUT2D eigenvalue weighted by atomic mass is 35.5. The molecule has 0 aliphatic heterocycles. The number of hydrogen-bond donors (Lipinski definition) is 1. The first-order valence-electron chi connectivity index (χ1n) is 5.71. The van der Waals surface area contributed by atoms with E-state index in [1.165, 1.54) is 30.5 Å². The summed E-state index contributed by atoms with van der Waals surface area (Å²) >= 11 is 5.03. The molecule has 0 saturated carbocycles. The Kier molecular flexibility index (Phi) is 4.87. The number of aromatic nitrogens is 2. The van der Waals surface area contributed by atoms with Crippen molar-refractivity contribution in [2.75, 3.05) is 0 Å². The highest BCUT2D eigenvalue weighted by Gasteiger charge is 2.31. The van der Waals surface area contributed by atoms with Crippen molar-refractivity contribution in [1.29, 1.82) is 0 Å². The third-order valence-corrected chi connectivity index (χ3v) is 3.52. The van der Waals surface area contributed by atoms with E-state index in [9.17, 15) is 18.0 Å². The molecule has 2 aromatic rings. The van der Waals surface area contributed by atoms with Crippen molar-refractivity contribution in [3.63, 3.8) is 0 Å². The second kappa shape index (κ2) is 6.49. The molecule has 0 saturated heterocycles. The van der Waals surface area contributed by atoms with Gasteiger partial charge in [0.1, 0.15) is 6.61 Å². The second-order valence-corrected chi connectivity index (χ2v) is 5.42.